The number of ether oxygens (including phenoxy) is 1. The normalized spacial score (nSPS) is 13.6. The van der Waals surface area contributed by atoms with Crippen molar-refractivity contribution in [3.63, 3.8) is 0 Å². The van der Waals surface area contributed by atoms with E-state index in [9.17, 15) is 14.4 Å². The number of aryl methyl sites for hydroxylation is 2. The molecule has 0 atom stereocenters. The number of nitrogens with one attached hydrogen (secondary N) is 1. The number of carbonyl (C=O) groups excluding carboxylic acids is 3. The fraction of sp³-hybridized carbons (Fsp3) is 0.414. The molecule has 0 saturated heterocycles. The van der Waals surface area contributed by atoms with Crippen LogP contribution in [0, 0.1) is 24.2 Å². The van der Waals surface area contributed by atoms with E-state index in [0.29, 0.717) is 22.2 Å². The van der Waals surface area contributed by atoms with Crippen LogP contribution in [0.1, 0.15) is 66.9 Å². The number of aromatic nitrogens is 2. The molecule has 1 aliphatic carbocycles. The minimum atomic E-state index is -0.385. The van der Waals surface area contributed by atoms with Gasteiger partial charge in [0.15, 0.2) is 0 Å². The van der Waals surface area contributed by atoms with Crippen molar-refractivity contribution >= 4 is 40.5 Å². The van der Waals surface area contributed by atoms with Crippen LogP contribution in [-0.2, 0) is 20.9 Å². The molecule has 1 heterocycles. The van der Waals surface area contributed by atoms with Crippen LogP contribution in [0.4, 0.5) is 11.6 Å². The summed E-state index contributed by atoms with van der Waals surface area (Å²) in [6, 6.07) is 12.1. The van der Waals surface area contributed by atoms with E-state index >= 15 is 0 Å². The SMILES string of the molecule is CCOC(=O)CCn1c(NC(=O)c2ccc(C#N)cc2)nc2cc(C)c(N(C)C(=O)C3CCCCC3)cc21. The van der Waals surface area contributed by atoms with Crippen LogP contribution in [0.3, 0.4) is 0 Å². The molecular weight excluding hydrogens is 482 g/mol. The van der Waals surface area contributed by atoms with Crippen molar-refractivity contribution in [3.8, 4) is 6.07 Å². The van der Waals surface area contributed by atoms with E-state index in [0.717, 1.165) is 36.9 Å². The molecule has 9 nitrogen and oxygen atoms in total. The van der Waals surface area contributed by atoms with E-state index in [1.54, 1.807) is 47.7 Å². The van der Waals surface area contributed by atoms with Crippen molar-refractivity contribution in [2.45, 2.75) is 58.9 Å². The standard InChI is InChI=1S/C29H33N5O4/c1-4-38-26(35)14-15-34-25-17-24(33(3)28(37)22-8-6-5-7-9-22)19(2)16-23(25)31-29(34)32-27(36)21-12-10-20(18-30)11-13-21/h10-13,16-17,22H,4-9,14-15H2,1-3H3,(H,31,32,36). The number of esters is 1. The summed E-state index contributed by atoms with van der Waals surface area (Å²) >= 11 is 0. The van der Waals surface area contributed by atoms with Gasteiger partial charge >= 0.3 is 5.97 Å². The van der Waals surface area contributed by atoms with Gasteiger partial charge in [-0.15, -0.1) is 0 Å². The third-order valence-electron chi connectivity index (χ3n) is 7.06. The van der Waals surface area contributed by atoms with Crippen LogP contribution in [-0.4, -0.2) is 41.0 Å². The molecule has 1 aromatic heterocycles. The molecule has 0 bridgehead atoms. The molecule has 1 saturated carbocycles. The predicted molar refractivity (Wildman–Crippen MR) is 145 cm³/mol. The van der Waals surface area contributed by atoms with E-state index < -0.39 is 0 Å². The van der Waals surface area contributed by atoms with Crippen LogP contribution >= 0.6 is 0 Å². The van der Waals surface area contributed by atoms with E-state index in [1.807, 2.05) is 25.1 Å². The fourth-order valence-corrected chi connectivity index (χ4v) is 5.00. The Bertz CT molecular complexity index is 1380. The zero-order valence-electron chi connectivity index (χ0n) is 22.1. The highest BCUT2D eigenvalue weighted by atomic mass is 16.5. The molecule has 3 aromatic rings. The maximum absolute atomic E-state index is 13.3. The van der Waals surface area contributed by atoms with Crippen molar-refractivity contribution < 1.29 is 19.1 Å². The number of hydrogen-bond acceptors (Lipinski definition) is 6. The van der Waals surface area contributed by atoms with Crippen molar-refractivity contribution in [3.05, 3.63) is 53.1 Å². The van der Waals surface area contributed by atoms with Crippen LogP contribution in [0.15, 0.2) is 36.4 Å². The number of rotatable bonds is 8. The van der Waals surface area contributed by atoms with Crippen molar-refractivity contribution in [2.75, 3.05) is 23.9 Å². The summed E-state index contributed by atoms with van der Waals surface area (Å²) in [5.74, 6) is -0.310. The number of carbonyl (C=O) groups is 3. The largest absolute Gasteiger partial charge is 0.466 e. The highest BCUT2D eigenvalue weighted by Gasteiger charge is 2.26. The summed E-state index contributed by atoms with van der Waals surface area (Å²) in [4.78, 5) is 44.8. The molecule has 38 heavy (non-hydrogen) atoms. The molecule has 0 aliphatic heterocycles. The van der Waals surface area contributed by atoms with Gasteiger partial charge < -0.3 is 14.2 Å². The molecule has 2 aromatic carbocycles. The molecule has 1 aliphatic rings. The average molecular weight is 516 g/mol. The Morgan fingerprint density at radius 3 is 2.53 bits per heavy atom. The van der Waals surface area contributed by atoms with Gasteiger partial charge in [-0.2, -0.15) is 5.26 Å². The van der Waals surface area contributed by atoms with Gasteiger partial charge in [0.2, 0.25) is 11.9 Å². The lowest BCUT2D eigenvalue weighted by Gasteiger charge is -2.27. The summed E-state index contributed by atoms with van der Waals surface area (Å²) in [6.07, 6.45) is 5.24. The average Bonchev–Trinajstić information content (AvgIpc) is 3.26. The minimum absolute atomic E-state index is 0.0276. The van der Waals surface area contributed by atoms with Gasteiger partial charge in [-0.25, -0.2) is 4.98 Å². The molecule has 0 radical (unpaired) electrons. The zero-order chi connectivity index (χ0) is 27.2. The number of anilines is 2. The first-order valence-corrected chi connectivity index (χ1v) is 13.1. The Morgan fingerprint density at radius 2 is 1.87 bits per heavy atom. The molecule has 198 valence electrons. The van der Waals surface area contributed by atoms with Crippen molar-refractivity contribution in [1.82, 2.24) is 9.55 Å². The molecule has 4 rings (SSSR count). The van der Waals surface area contributed by atoms with E-state index in [4.69, 9.17) is 10.00 Å². The molecule has 9 heteroatoms. The topological polar surface area (TPSA) is 117 Å². The van der Waals surface area contributed by atoms with Gasteiger partial charge in [0, 0.05) is 30.8 Å². The third kappa shape index (κ3) is 5.86. The predicted octanol–water partition coefficient (Wildman–Crippen LogP) is 4.97. The Hall–Kier alpha value is -4.19. The highest BCUT2D eigenvalue weighted by Crippen LogP contribution is 2.32. The highest BCUT2D eigenvalue weighted by molar-refractivity contribution is 6.04. The minimum Gasteiger partial charge on any atom is -0.466 e. The van der Waals surface area contributed by atoms with Crippen molar-refractivity contribution in [1.29, 1.82) is 5.26 Å². The molecular formula is C29H33N5O4. The van der Waals surface area contributed by atoms with Crippen LogP contribution in [0.2, 0.25) is 0 Å². The van der Waals surface area contributed by atoms with Crippen LogP contribution in [0.5, 0.6) is 0 Å². The lowest BCUT2D eigenvalue weighted by Crippen LogP contribution is -2.34. The Kier molecular flexibility index (Phi) is 8.41. The quantitative estimate of drug-likeness (QED) is 0.424. The Balaban J connectivity index is 1.69. The van der Waals surface area contributed by atoms with Crippen LogP contribution < -0.4 is 10.2 Å². The van der Waals surface area contributed by atoms with E-state index in [1.165, 1.54) is 6.42 Å². The van der Waals surface area contributed by atoms with Crippen LogP contribution in [0.25, 0.3) is 11.0 Å². The molecule has 1 N–H and O–H groups in total. The van der Waals surface area contributed by atoms with Gasteiger partial charge in [0.05, 0.1) is 35.7 Å². The number of imidazole rings is 1. The number of nitrogens with zero attached hydrogens (tertiary/aromatic N) is 4. The number of nitriles is 1. The maximum Gasteiger partial charge on any atom is 0.307 e. The smallest absolute Gasteiger partial charge is 0.307 e. The molecule has 1 fully saturated rings. The number of benzene rings is 2. The Morgan fingerprint density at radius 1 is 1.16 bits per heavy atom. The summed E-state index contributed by atoms with van der Waals surface area (Å²) in [5, 5.41) is 11.9. The lowest BCUT2D eigenvalue weighted by molar-refractivity contribution is -0.143. The fourth-order valence-electron chi connectivity index (χ4n) is 5.00. The maximum atomic E-state index is 13.3. The second kappa shape index (κ2) is 11.9. The first kappa shape index (κ1) is 26.9. The lowest BCUT2D eigenvalue weighted by atomic mass is 9.88. The molecule has 2 amide bonds. The van der Waals surface area contributed by atoms with Gasteiger partial charge in [-0.3, -0.25) is 19.7 Å². The second-order valence-electron chi connectivity index (χ2n) is 9.64. The molecule has 0 spiro atoms. The third-order valence-corrected chi connectivity index (χ3v) is 7.06. The molecule has 0 unspecified atom stereocenters. The Labute approximate surface area is 222 Å². The van der Waals surface area contributed by atoms with Gasteiger partial charge in [0.25, 0.3) is 5.91 Å². The second-order valence-corrected chi connectivity index (χ2v) is 9.64. The van der Waals surface area contributed by atoms with Gasteiger partial charge in [-0.05, 0) is 68.7 Å². The first-order chi connectivity index (χ1) is 18.3. The van der Waals surface area contributed by atoms with Crippen molar-refractivity contribution in [2.24, 2.45) is 5.92 Å². The van der Waals surface area contributed by atoms with E-state index in [-0.39, 0.29) is 49.2 Å². The van der Waals surface area contributed by atoms with Gasteiger partial charge in [-0.1, -0.05) is 19.3 Å². The number of amides is 2. The summed E-state index contributed by atoms with van der Waals surface area (Å²) in [5.41, 5.74) is 3.84. The number of fused-ring (bicyclic) bond motifs is 1. The zero-order valence-corrected chi connectivity index (χ0v) is 22.1. The summed E-state index contributed by atoms with van der Waals surface area (Å²) < 4.78 is 6.88. The number of hydrogen-bond donors (Lipinski definition) is 1. The summed E-state index contributed by atoms with van der Waals surface area (Å²) in [7, 11) is 1.80. The first-order valence-electron chi connectivity index (χ1n) is 13.1. The monoisotopic (exact) mass is 515 g/mol. The van der Waals surface area contributed by atoms with E-state index in [2.05, 4.69) is 10.3 Å². The summed E-state index contributed by atoms with van der Waals surface area (Å²) in [6.45, 7) is 4.21. The van der Waals surface area contributed by atoms with Gasteiger partial charge in [0.1, 0.15) is 0 Å².